The number of rotatable bonds is 3. The van der Waals surface area contributed by atoms with Gasteiger partial charge in [-0.3, -0.25) is 9.59 Å². The zero-order chi connectivity index (χ0) is 13.1. The van der Waals surface area contributed by atoms with Crippen LogP contribution in [0.4, 0.5) is 4.39 Å². The van der Waals surface area contributed by atoms with E-state index in [1.807, 2.05) is 0 Å². The SMILES string of the molecule is NC(=O)c1ccc(C(=O)c2ccc(F)cc2)cc1. The number of hydrogen-bond acceptors (Lipinski definition) is 2. The summed E-state index contributed by atoms with van der Waals surface area (Å²) in [5.41, 5.74) is 6.26. The molecular formula is C14H10FNO2. The van der Waals surface area contributed by atoms with Crippen LogP contribution in [0.3, 0.4) is 0 Å². The van der Waals surface area contributed by atoms with Crippen LogP contribution in [0.2, 0.25) is 0 Å². The molecule has 4 heteroatoms. The Balaban J connectivity index is 2.28. The van der Waals surface area contributed by atoms with Crippen LogP contribution in [0.1, 0.15) is 26.3 Å². The molecular weight excluding hydrogens is 233 g/mol. The fraction of sp³-hybridized carbons (Fsp3) is 0. The lowest BCUT2D eigenvalue weighted by molar-refractivity contribution is 0.0996. The third kappa shape index (κ3) is 2.43. The van der Waals surface area contributed by atoms with E-state index >= 15 is 0 Å². The van der Waals surface area contributed by atoms with Crippen molar-refractivity contribution in [2.24, 2.45) is 5.73 Å². The van der Waals surface area contributed by atoms with E-state index in [4.69, 9.17) is 5.73 Å². The molecule has 2 aromatic carbocycles. The summed E-state index contributed by atoms with van der Waals surface area (Å²) in [7, 11) is 0. The molecule has 18 heavy (non-hydrogen) atoms. The van der Waals surface area contributed by atoms with Crippen molar-refractivity contribution in [3.8, 4) is 0 Å². The molecule has 2 rings (SSSR count). The van der Waals surface area contributed by atoms with Gasteiger partial charge in [0, 0.05) is 16.7 Å². The first kappa shape index (κ1) is 12.0. The molecule has 0 bridgehead atoms. The Morgan fingerprint density at radius 1 is 0.778 bits per heavy atom. The Labute approximate surface area is 103 Å². The van der Waals surface area contributed by atoms with Gasteiger partial charge in [0.15, 0.2) is 5.78 Å². The zero-order valence-electron chi connectivity index (χ0n) is 9.39. The van der Waals surface area contributed by atoms with Gasteiger partial charge in [-0.25, -0.2) is 4.39 Å². The molecule has 90 valence electrons. The second-order valence-corrected chi connectivity index (χ2v) is 3.78. The summed E-state index contributed by atoms with van der Waals surface area (Å²) < 4.78 is 12.7. The summed E-state index contributed by atoms with van der Waals surface area (Å²) >= 11 is 0. The fourth-order valence-corrected chi connectivity index (χ4v) is 1.55. The fourth-order valence-electron chi connectivity index (χ4n) is 1.55. The average Bonchev–Trinajstić information content (AvgIpc) is 2.39. The van der Waals surface area contributed by atoms with Crippen molar-refractivity contribution in [3.63, 3.8) is 0 Å². The molecule has 0 fully saturated rings. The molecule has 2 N–H and O–H groups in total. The first-order chi connectivity index (χ1) is 8.58. The van der Waals surface area contributed by atoms with Gasteiger partial charge < -0.3 is 5.73 Å². The zero-order valence-corrected chi connectivity index (χ0v) is 9.39. The molecule has 0 heterocycles. The quantitative estimate of drug-likeness (QED) is 0.840. The smallest absolute Gasteiger partial charge is 0.248 e. The molecule has 0 aliphatic rings. The maximum Gasteiger partial charge on any atom is 0.248 e. The number of carbonyl (C=O) groups excluding carboxylic acids is 2. The molecule has 0 saturated heterocycles. The van der Waals surface area contributed by atoms with Crippen molar-refractivity contribution < 1.29 is 14.0 Å². The third-order valence-electron chi connectivity index (χ3n) is 2.54. The maximum absolute atomic E-state index is 12.7. The summed E-state index contributed by atoms with van der Waals surface area (Å²) in [6, 6.07) is 11.3. The molecule has 0 aliphatic heterocycles. The first-order valence-electron chi connectivity index (χ1n) is 5.28. The van der Waals surface area contributed by atoms with E-state index in [2.05, 4.69) is 0 Å². The van der Waals surface area contributed by atoms with Crippen LogP contribution < -0.4 is 5.73 Å². The molecule has 0 aromatic heterocycles. The Morgan fingerprint density at radius 2 is 1.17 bits per heavy atom. The van der Waals surface area contributed by atoms with Crippen molar-refractivity contribution >= 4 is 11.7 Å². The highest BCUT2D eigenvalue weighted by molar-refractivity contribution is 6.09. The maximum atomic E-state index is 12.7. The van der Waals surface area contributed by atoms with Crippen molar-refractivity contribution in [3.05, 3.63) is 71.0 Å². The topological polar surface area (TPSA) is 60.2 Å². The van der Waals surface area contributed by atoms with Crippen LogP contribution in [-0.4, -0.2) is 11.7 Å². The van der Waals surface area contributed by atoms with Crippen molar-refractivity contribution in [2.45, 2.75) is 0 Å². The van der Waals surface area contributed by atoms with Crippen LogP contribution >= 0.6 is 0 Å². The van der Waals surface area contributed by atoms with Crippen LogP contribution in [0.15, 0.2) is 48.5 Å². The van der Waals surface area contributed by atoms with Crippen molar-refractivity contribution in [2.75, 3.05) is 0 Å². The van der Waals surface area contributed by atoms with E-state index in [0.717, 1.165) is 0 Å². The van der Waals surface area contributed by atoms with Gasteiger partial charge in [0.05, 0.1) is 0 Å². The van der Waals surface area contributed by atoms with E-state index in [1.165, 1.54) is 48.5 Å². The lowest BCUT2D eigenvalue weighted by Gasteiger charge is -2.02. The third-order valence-corrected chi connectivity index (χ3v) is 2.54. The standard InChI is InChI=1S/C14H10FNO2/c15-12-7-5-10(6-8-12)13(17)9-1-3-11(4-2-9)14(16)18/h1-8H,(H2,16,18). The predicted molar refractivity (Wildman–Crippen MR) is 64.8 cm³/mol. The number of hydrogen-bond donors (Lipinski definition) is 1. The predicted octanol–water partition coefficient (Wildman–Crippen LogP) is 2.16. The number of amides is 1. The average molecular weight is 243 g/mol. The van der Waals surface area contributed by atoms with Crippen LogP contribution in [0.5, 0.6) is 0 Å². The molecule has 3 nitrogen and oxygen atoms in total. The number of halogens is 1. The van der Waals surface area contributed by atoms with E-state index < -0.39 is 11.7 Å². The van der Waals surface area contributed by atoms with Crippen LogP contribution in [-0.2, 0) is 0 Å². The number of benzene rings is 2. The minimum Gasteiger partial charge on any atom is -0.366 e. The summed E-state index contributed by atoms with van der Waals surface area (Å²) in [4.78, 5) is 22.9. The Morgan fingerprint density at radius 3 is 1.61 bits per heavy atom. The molecule has 0 spiro atoms. The number of primary amides is 1. The number of nitrogens with two attached hydrogens (primary N) is 1. The first-order valence-corrected chi connectivity index (χ1v) is 5.28. The van der Waals surface area contributed by atoms with Crippen LogP contribution in [0, 0.1) is 5.82 Å². The molecule has 0 aliphatic carbocycles. The lowest BCUT2D eigenvalue weighted by atomic mass is 10.0. The van der Waals surface area contributed by atoms with Crippen molar-refractivity contribution in [1.29, 1.82) is 0 Å². The van der Waals surface area contributed by atoms with Gasteiger partial charge in [0.1, 0.15) is 5.82 Å². The largest absolute Gasteiger partial charge is 0.366 e. The van der Waals surface area contributed by atoms with Gasteiger partial charge in [-0.2, -0.15) is 0 Å². The molecule has 2 aromatic rings. The van der Waals surface area contributed by atoms with Gasteiger partial charge in [0.25, 0.3) is 0 Å². The van der Waals surface area contributed by atoms with E-state index in [9.17, 15) is 14.0 Å². The number of ketones is 1. The molecule has 0 unspecified atom stereocenters. The lowest BCUT2D eigenvalue weighted by Crippen LogP contribution is -2.11. The highest BCUT2D eigenvalue weighted by Gasteiger charge is 2.09. The van der Waals surface area contributed by atoms with Gasteiger partial charge >= 0.3 is 0 Å². The normalized spacial score (nSPS) is 10.1. The number of carbonyl (C=O) groups is 2. The van der Waals surface area contributed by atoms with Crippen molar-refractivity contribution in [1.82, 2.24) is 0 Å². The van der Waals surface area contributed by atoms with E-state index in [-0.39, 0.29) is 5.78 Å². The molecule has 0 saturated carbocycles. The second-order valence-electron chi connectivity index (χ2n) is 3.78. The Hall–Kier alpha value is -2.49. The minimum atomic E-state index is -0.546. The van der Waals surface area contributed by atoms with E-state index in [0.29, 0.717) is 16.7 Å². The minimum absolute atomic E-state index is 0.231. The summed E-state index contributed by atoms with van der Waals surface area (Å²) in [6.45, 7) is 0. The molecule has 0 radical (unpaired) electrons. The van der Waals surface area contributed by atoms with E-state index in [1.54, 1.807) is 0 Å². The van der Waals surface area contributed by atoms with Gasteiger partial charge in [-0.1, -0.05) is 12.1 Å². The molecule has 0 atom stereocenters. The highest BCUT2D eigenvalue weighted by atomic mass is 19.1. The van der Waals surface area contributed by atoms with Gasteiger partial charge in [-0.15, -0.1) is 0 Å². The second kappa shape index (κ2) is 4.79. The van der Waals surface area contributed by atoms with Gasteiger partial charge in [0.2, 0.25) is 5.91 Å². The molecule has 1 amide bonds. The summed E-state index contributed by atoms with van der Waals surface area (Å²) in [6.07, 6.45) is 0. The van der Waals surface area contributed by atoms with Crippen LogP contribution in [0.25, 0.3) is 0 Å². The Kier molecular flexibility index (Phi) is 3.19. The van der Waals surface area contributed by atoms with Gasteiger partial charge in [-0.05, 0) is 36.4 Å². The summed E-state index contributed by atoms with van der Waals surface area (Å²) in [5.74, 6) is -1.17. The Bertz CT molecular complexity index is 588. The monoisotopic (exact) mass is 243 g/mol. The highest BCUT2D eigenvalue weighted by Crippen LogP contribution is 2.11. The summed E-state index contributed by atoms with van der Waals surface area (Å²) in [5, 5.41) is 0.